The number of carboxylic acid groups (broad SMARTS) is 1. The van der Waals surface area contributed by atoms with Crippen LogP contribution in [0.1, 0.15) is 19.3 Å². The molecule has 11 heavy (non-hydrogen) atoms. The normalized spacial score (nSPS) is 14.9. The number of rotatable bonds is 3. The van der Waals surface area contributed by atoms with Crippen molar-refractivity contribution in [1.82, 2.24) is 5.32 Å². The van der Waals surface area contributed by atoms with E-state index in [1.807, 2.05) is 0 Å². The molecule has 0 bridgehead atoms. The second kappa shape index (κ2) is 4.42. The fourth-order valence-electron chi connectivity index (χ4n) is 0.637. The molecule has 1 N–H and O–H groups in total. The summed E-state index contributed by atoms with van der Waals surface area (Å²) in [5.41, 5.74) is 0. The van der Waals surface area contributed by atoms with Crippen molar-refractivity contribution in [2.75, 3.05) is 0 Å². The standard InChI is InChI=1S/C6H9NO3.Li/c8-5(3-6(9)10)7-4-1-2-4;/h4H,1-3H2,(H,7,8)(H,9,10);/q;+1/p-1. The fraction of sp³-hybridized carbons (Fsp3) is 0.667. The van der Waals surface area contributed by atoms with Crippen LogP contribution in [0, 0.1) is 0 Å². The summed E-state index contributed by atoms with van der Waals surface area (Å²) in [6.07, 6.45) is 1.42. The molecule has 0 saturated heterocycles. The fourth-order valence-corrected chi connectivity index (χ4v) is 0.637. The number of amides is 1. The maximum absolute atomic E-state index is 10.6. The molecule has 56 valence electrons. The second-order valence-corrected chi connectivity index (χ2v) is 2.39. The molecule has 0 aromatic carbocycles. The van der Waals surface area contributed by atoms with Crippen LogP contribution in [0.25, 0.3) is 0 Å². The van der Waals surface area contributed by atoms with Gasteiger partial charge in [0.1, 0.15) is 0 Å². The molecule has 0 aromatic heterocycles. The summed E-state index contributed by atoms with van der Waals surface area (Å²) < 4.78 is 0. The summed E-state index contributed by atoms with van der Waals surface area (Å²) in [5, 5.41) is 12.4. The average Bonchev–Trinajstić information content (AvgIpc) is 2.46. The van der Waals surface area contributed by atoms with Gasteiger partial charge in [0.15, 0.2) is 0 Å². The Morgan fingerprint density at radius 2 is 2.00 bits per heavy atom. The van der Waals surface area contributed by atoms with Gasteiger partial charge in [0.25, 0.3) is 0 Å². The van der Waals surface area contributed by atoms with Crippen LogP contribution in [-0.4, -0.2) is 17.9 Å². The molecular formula is C6H8LiNO3. The van der Waals surface area contributed by atoms with Crippen LogP contribution < -0.4 is 29.3 Å². The van der Waals surface area contributed by atoms with Gasteiger partial charge in [-0.3, -0.25) is 4.79 Å². The topological polar surface area (TPSA) is 69.2 Å². The van der Waals surface area contributed by atoms with Gasteiger partial charge < -0.3 is 15.2 Å². The number of hydrogen-bond acceptors (Lipinski definition) is 3. The van der Waals surface area contributed by atoms with Crippen molar-refractivity contribution in [2.24, 2.45) is 0 Å². The van der Waals surface area contributed by atoms with E-state index in [4.69, 9.17) is 0 Å². The Morgan fingerprint density at radius 3 is 2.36 bits per heavy atom. The summed E-state index contributed by atoms with van der Waals surface area (Å²) in [4.78, 5) is 20.4. The first-order chi connectivity index (χ1) is 4.68. The molecule has 0 spiro atoms. The minimum atomic E-state index is -1.32. The molecule has 1 saturated carbocycles. The average molecular weight is 149 g/mol. The van der Waals surface area contributed by atoms with Crippen LogP contribution >= 0.6 is 0 Å². The Balaban J connectivity index is 0.000001000. The van der Waals surface area contributed by atoms with Crippen molar-refractivity contribution in [1.29, 1.82) is 0 Å². The molecule has 1 aliphatic carbocycles. The van der Waals surface area contributed by atoms with Crippen LogP contribution in [0.15, 0.2) is 0 Å². The zero-order valence-corrected chi connectivity index (χ0v) is 6.42. The molecule has 0 heterocycles. The van der Waals surface area contributed by atoms with E-state index in [1.165, 1.54) is 0 Å². The summed E-state index contributed by atoms with van der Waals surface area (Å²) >= 11 is 0. The predicted molar refractivity (Wildman–Crippen MR) is 30.8 cm³/mol. The third-order valence-corrected chi connectivity index (χ3v) is 1.25. The summed E-state index contributed by atoms with van der Waals surface area (Å²) in [6.45, 7) is 0. The molecule has 4 nitrogen and oxygen atoms in total. The zero-order valence-electron chi connectivity index (χ0n) is 6.42. The minimum Gasteiger partial charge on any atom is -0.550 e. The van der Waals surface area contributed by atoms with Gasteiger partial charge in [-0.05, 0) is 12.8 Å². The van der Waals surface area contributed by atoms with Gasteiger partial charge in [0.2, 0.25) is 5.91 Å². The SMILES string of the molecule is O=C([O-])CC(=O)NC1CC1.[Li+]. The van der Waals surface area contributed by atoms with Crippen molar-refractivity contribution in [2.45, 2.75) is 25.3 Å². The van der Waals surface area contributed by atoms with Crippen LogP contribution in [-0.2, 0) is 9.59 Å². The maximum Gasteiger partial charge on any atom is 1.00 e. The van der Waals surface area contributed by atoms with Gasteiger partial charge in [-0.1, -0.05) is 0 Å². The first-order valence-corrected chi connectivity index (χ1v) is 3.17. The van der Waals surface area contributed by atoms with E-state index < -0.39 is 18.3 Å². The van der Waals surface area contributed by atoms with Crippen molar-refractivity contribution in [3.8, 4) is 0 Å². The first-order valence-electron chi connectivity index (χ1n) is 3.17. The minimum absolute atomic E-state index is 0. The second-order valence-electron chi connectivity index (χ2n) is 2.39. The molecule has 0 radical (unpaired) electrons. The van der Waals surface area contributed by atoms with E-state index in [9.17, 15) is 14.7 Å². The molecule has 0 aliphatic heterocycles. The predicted octanol–water partition coefficient (Wildman–Crippen LogP) is -4.59. The summed E-state index contributed by atoms with van der Waals surface area (Å²) in [5.74, 6) is -1.76. The van der Waals surface area contributed by atoms with Gasteiger partial charge in [-0.25, -0.2) is 0 Å². The van der Waals surface area contributed by atoms with Crippen LogP contribution in [0.5, 0.6) is 0 Å². The molecule has 1 rings (SSSR count). The molecule has 0 unspecified atom stereocenters. The molecule has 1 fully saturated rings. The third kappa shape index (κ3) is 4.88. The van der Waals surface area contributed by atoms with E-state index in [-0.39, 0.29) is 24.9 Å². The van der Waals surface area contributed by atoms with E-state index in [2.05, 4.69) is 5.32 Å². The van der Waals surface area contributed by atoms with Crippen LogP contribution in [0.3, 0.4) is 0 Å². The van der Waals surface area contributed by atoms with Crippen molar-refractivity contribution < 1.29 is 33.6 Å². The van der Waals surface area contributed by atoms with Crippen molar-refractivity contribution in [3.63, 3.8) is 0 Å². The van der Waals surface area contributed by atoms with Gasteiger partial charge >= 0.3 is 18.9 Å². The van der Waals surface area contributed by atoms with E-state index in [0.717, 1.165) is 12.8 Å². The van der Waals surface area contributed by atoms with Crippen LogP contribution in [0.4, 0.5) is 0 Å². The number of nitrogens with one attached hydrogen (secondary N) is 1. The molecule has 0 aromatic rings. The van der Waals surface area contributed by atoms with Gasteiger partial charge in [-0.15, -0.1) is 0 Å². The number of carbonyl (C=O) groups excluding carboxylic acids is 2. The Labute approximate surface area is 76.5 Å². The largest absolute Gasteiger partial charge is 1.00 e. The maximum atomic E-state index is 10.6. The zero-order chi connectivity index (χ0) is 7.56. The van der Waals surface area contributed by atoms with Gasteiger partial charge in [0, 0.05) is 6.04 Å². The van der Waals surface area contributed by atoms with Crippen molar-refractivity contribution in [3.05, 3.63) is 0 Å². The van der Waals surface area contributed by atoms with E-state index >= 15 is 0 Å². The summed E-state index contributed by atoms with van der Waals surface area (Å²) in [7, 11) is 0. The van der Waals surface area contributed by atoms with Gasteiger partial charge in [0.05, 0.1) is 12.4 Å². The number of aliphatic carboxylic acids is 1. The van der Waals surface area contributed by atoms with E-state index in [1.54, 1.807) is 0 Å². The third-order valence-electron chi connectivity index (χ3n) is 1.25. The Morgan fingerprint density at radius 1 is 1.45 bits per heavy atom. The molecule has 5 heteroatoms. The Kier molecular flexibility index (Phi) is 4.24. The molecule has 1 amide bonds. The molecular weight excluding hydrogens is 141 g/mol. The Bertz CT molecular complexity index is 167. The van der Waals surface area contributed by atoms with E-state index in [0.29, 0.717) is 0 Å². The quantitative estimate of drug-likeness (QED) is 0.324. The smallest absolute Gasteiger partial charge is 0.550 e. The van der Waals surface area contributed by atoms with Crippen molar-refractivity contribution >= 4 is 11.9 Å². The molecule has 1 aliphatic rings. The summed E-state index contributed by atoms with van der Waals surface area (Å²) in [6, 6.07) is 0.229. The van der Waals surface area contributed by atoms with Crippen LogP contribution in [0.2, 0.25) is 0 Å². The number of carboxylic acids is 1. The number of hydrogen-bond donors (Lipinski definition) is 1. The number of carbonyl (C=O) groups is 2. The Hall–Kier alpha value is -0.463. The molecule has 0 atom stereocenters. The monoisotopic (exact) mass is 149 g/mol. The first kappa shape index (κ1) is 10.5. The van der Waals surface area contributed by atoms with Gasteiger partial charge in [-0.2, -0.15) is 0 Å².